The Morgan fingerprint density at radius 3 is 1.95 bits per heavy atom. The summed E-state index contributed by atoms with van der Waals surface area (Å²) in [5, 5.41) is 7.24. The van der Waals surface area contributed by atoms with Crippen LogP contribution >= 0.6 is 0 Å². The minimum absolute atomic E-state index is 0.226. The maximum absolute atomic E-state index is 12.3. The van der Waals surface area contributed by atoms with Gasteiger partial charge in [-0.15, -0.1) is 0 Å². The lowest BCUT2D eigenvalue weighted by Crippen LogP contribution is -2.18. The molecule has 0 saturated carbocycles. The highest BCUT2D eigenvalue weighted by atomic mass is 33.2. The second kappa shape index (κ2) is 5.90. The first-order valence-electron chi connectivity index (χ1n) is 6.20. The van der Waals surface area contributed by atoms with Crippen LogP contribution in [0.2, 0.25) is 0 Å². The Labute approximate surface area is 128 Å². The average Bonchev–Trinajstić information content (AvgIpc) is 2.47. The lowest BCUT2D eigenvalue weighted by atomic mass is 10.2. The molecule has 0 atom stereocenters. The number of nitrogen functional groups attached to an aromatic ring is 1. The molecule has 8 heteroatoms. The Hall–Kier alpha value is -2.19. The molecule has 116 valence electrons. The van der Waals surface area contributed by atoms with Crippen LogP contribution in [0.1, 0.15) is 11.1 Å². The SMILES string of the molecule is N=C(N)c1ccc(S(=O)(=O)S(=O)(=O)Cc2ccccc2)cc1. The molecule has 2 rings (SSSR count). The zero-order valence-corrected chi connectivity index (χ0v) is 13.1. The van der Waals surface area contributed by atoms with Crippen molar-refractivity contribution in [1.82, 2.24) is 0 Å². The Balaban J connectivity index is 2.38. The van der Waals surface area contributed by atoms with E-state index >= 15 is 0 Å². The van der Waals surface area contributed by atoms with Crippen LogP contribution in [0.15, 0.2) is 59.5 Å². The van der Waals surface area contributed by atoms with Crippen LogP contribution in [0.25, 0.3) is 0 Å². The van der Waals surface area contributed by atoms with Crippen molar-refractivity contribution in [1.29, 1.82) is 5.41 Å². The molecule has 0 unspecified atom stereocenters. The van der Waals surface area contributed by atoms with Crippen LogP contribution in [0.5, 0.6) is 0 Å². The molecule has 0 spiro atoms. The maximum atomic E-state index is 12.3. The summed E-state index contributed by atoms with van der Waals surface area (Å²) in [6.45, 7) is 0. The molecule has 2 aromatic carbocycles. The van der Waals surface area contributed by atoms with Gasteiger partial charge in [-0.1, -0.05) is 30.3 Å². The van der Waals surface area contributed by atoms with E-state index in [1.54, 1.807) is 30.3 Å². The zero-order valence-electron chi connectivity index (χ0n) is 11.4. The number of amidine groups is 1. The van der Waals surface area contributed by atoms with Crippen molar-refractivity contribution in [2.75, 3.05) is 0 Å². The smallest absolute Gasteiger partial charge is 0.282 e. The predicted molar refractivity (Wildman–Crippen MR) is 83.7 cm³/mol. The number of benzene rings is 2. The topological polar surface area (TPSA) is 118 Å². The van der Waals surface area contributed by atoms with Crippen molar-refractivity contribution in [2.45, 2.75) is 10.6 Å². The van der Waals surface area contributed by atoms with Crippen molar-refractivity contribution in [3.8, 4) is 0 Å². The molecule has 0 aliphatic carbocycles. The van der Waals surface area contributed by atoms with E-state index in [0.717, 1.165) is 12.1 Å². The molecule has 22 heavy (non-hydrogen) atoms. The molecule has 2 aromatic rings. The lowest BCUT2D eigenvalue weighted by molar-refractivity contribution is 0.582. The molecule has 0 radical (unpaired) electrons. The summed E-state index contributed by atoms with van der Waals surface area (Å²) in [5.41, 5.74) is 5.99. The second-order valence-corrected chi connectivity index (χ2v) is 10.2. The van der Waals surface area contributed by atoms with Crippen molar-refractivity contribution < 1.29 is 16.8 Å². The zero-order chi connectivity index (χ0) is 16.4. The monoisotopic (exact) mass is 338 g/mol. The highest BCUT2D eigenvalue weighted by Gasteiger charge is 2.31. The standard InChI is InChI=1S/C14H14N2O4S2/c15-14(16)12-6-8-13(9-7-12)22(19,20)21(17,18)10-11-4-2-1-3-5-11/h1-9H,10H2,(H3,15,16). The summed E-state index contributed by atoms with van der Waals surface area (Å²) in [7, 11) is -8.93. The highest BCUT2D eigenvalue weighted by Crippen LogP contribution is 2.21. The van der Waals surface area contributed by atoms with E-state index in [4.69, 9.17) is 11.1 Å². The summed E-state index contributed by atoms with van der Waals surface area (Å²) in [5.74, 6) is -0.818. The fraction of sp³-hybridized carbons (Fsp3) is 0.0714. The van der Waals surface area contributed by atoms with Crippen LogP contribution in [0.4, 0.5) is 0 Å². The molecule has 0 heterocycles. The lowest BCUT2D eigenvalue weighted by Gasteiger charge is -2.07. The first-order chi connectivity index (χ1) is 10.2. The normalized spacial score (nSPS) is 12.0. The molecule has 0 aromatic heterocycles. The second-order valence-electron chi connectivity index (χ2n) is 4.58. The van der Waals surface area contributed by atoms with Crippen molar-refractivity contribution in [3.63, 3.8) is 0 Å². The number of rotatable bonds is 5. The fourth-order valence-electron chi connectivity index (χ4n) is 1.80. The first kappa shape index (κ1) is 16.2. The number of hydrogen-bond donors (Lipinski definition) is 2. The van der Waals surface area contributed by atoms with Gasteiger partial charge in [0.05, 0.1) is 10.6 Å². The van der Waals surface area contributed by atoms with E-state index in [0.29, 0.717) is 11.1 Å². The van der Waals surface area contributed by atoms with Gasteiger partial charge >= 0.3 is 0 Å². The third kappa shape index (κ3) is 3.18. The third-order valence-electron chi connectivity index (χ3n) is 2.97. The quantitative estimate of drug-likeness (QED) is 0.483. The van der Waals surface area contributed by atoms with E-state index in [-0.39, 0.29) is 10.7 Å². The minimum atomic E-state index is -4.52. The van der Waals surface area contributed by atoms with E-state index in [1.165, 1.54) is 12.1 Å². The fourth-order valence-corrected chi connectivity index (χ4v) is 5.41. The first-order valence-corrected chi connectivity index (χ1v) is 9.85. The highest BCUT2D eigenvalue weighted by molar-refractivity contribution is 8.66. The summed E-state index contributed by atoms with van der Waals surface area (Å²) in [4.78, 5) is -0.339. The van der Waals surface area contributed by atoms with Crippen molar-refractivity contribution in [2.24, 2.45) is 5.73 Å². The summed E-state index contributed by atoms with van der Waals surface area (Å²) < 4.78 is 48.9. The Morgan fingerprint density at radius 1 is 0.909 bits per heavy atom. The van der Waals surface area contributed by atoms with Crippen molar-refractivity contribution >= 4 is 23.6 Å². The summed E-state index contributed by atoms with van der Waals surface area (Å²) in [6.07, 6.45) is 0. The van der Waals surface area contributed by atoms with E-state index < -0.39 is 23.5 Å². The molecule has 6 nitrogen and oxygen atoms in total. The Bertz CT molecular complexity index is 888. The largest absolute Gasteiger partial charge is 0.384 e. The molecule has 0 aliphatic rings. The molecule has 0 saturated heterocycles. The van der Waals surface area contributed by atoms with Crippen molar-refractivity contribution in [3.05, 3.63) is 65.7 Å². The van der Waals surface area contributed by atoms with Gasteiger partial charge in [0, 0.05) is 5.56 Å². The van der Waals surface area contributed by atoms with Gasteiger partial charge in [0.2, 0.25) is 0 Å². The number of nitrogens with two attached hydrogens (primary N) is 1. The van der Waals surface area contributed by atoms with Crippen LogP contribution in [-0.4, -0.2) is 22.7 Å². The Kier molecular flexibility index (Phi) is 4.34. The number of nitrogens with one attached hydrogen (secondary N) is 1. The van der Waals surface area contributed by atoms with Gasteiger partial charge in [-0.3, -0.25) is 5.41 Å². The minimum Gasteiger partial charge on any atom is -0.384 e. The molecular weight excluding hydrogens is 324 g/mol. The molecule has 0 fully saturated rings. The van der Waals surface area contributed by atoms with Gasteiger partial charge < -0.3 is 5.73 Å². The van der Waals surface area contributed by atoms with Crippen LogP contribution in [-0.2, 0) is 23.5 Å². The van der Waals surface area contributed by atoms with Crippen LogP contribution in [0.3, 0.4) is 0 Å². The van der Waals surface area contributed by atoms with E-state index in [2.05, 4.69) is 0 Å². The number of hydrogen-bond acceptors (Lipinski definition) is 5. The summed E-state index contributed by atoms with van der Waals surface area (Å²) >= 11 is 0. The van der Waals surface area contributed by atoms with E-state index in [1.807, 2.05) is 0 Å². The molecular formula is C14H14N2O4S2. The van der Waals surface area contributed by atoms with Crippen LogP contribution in [0, 0.1) is 5.41 Å². The van der Waals surface area contributed by atoms with Gasteiger partial charge in [-0.25, -0.2) is 16.8 Å². The molecule has 0 aliphatic heterocycles. The van der Waals surface area contributed by atoms with Gasteiger partial charge in [0.1, 0.15) is 5.84 Å². The molecule has 3 N–H and O–H groups in total. The maximum Gasteiger partial charge on any atom is 0.282 e. The predicted octanol–water partition coefficient (Wildman–Crippen LogP) is 1.27. The molecule has 0 bridgehead atoms. The van der Waals surface area contributed by atoms with Gasteiger partial charge in [0.25, 0.3) is 17.7 Å². The van der Waals surface area contributed by atoms with Crippen LogP contribution < -0.4 is 5.73 Å². The van der Waals surface area contributed by atoms with Gasteiger partial charge in [-0.2, -0.15) is 0 Å². The van der Waals surface area contributed by atoms with Gasteiger partial charge in [0.15, 0.2) is 0 Å². The molecule has 0 amide bonds. The average molecular weight is 338 g/mol. The van der Waals surface area contributed by atoms with Gasteiger partial charge in [-0.05, 0) is 29.8 Å². The Morgan fingerprint density at radius 2 is 1.45 bits per heavy atom. The third-order valence-corrected chi connectivity index (χ3v) is 8.12. The summed E-state index contributed by atoms with van der Waals surface area (Å²) in [6, 6.07) is 12.9. The van der Waals surface area contributed by atoms with E-state index in [9.17, 15) is 16.8 Å².